The molecule has 5 nitrogen and oxygen atoms in total. The van der Waals surface area contributed by atoms with E-state index in [9.17, 15) is 8.78 Å². The number of aliphatic hydroxyl groups is 1. The van der Waals surface area contributed by atoms with Crippen LogP contribution in [0, 0.1) is 11.6 Å². The van der Waals surface area contributed by atoms with E-state index >= 15 is 0 Å². The topological polar surface area (TPSA) is 63.6 Å². The fraction of sp³-hybridized carbons (Fsp3) is 0.214. The number of rotatable bonds is 5. The maximum absolute atomic E-state index is 13.7. The molecule has 0 aliphatic carbocycles. The zero-order chi connectivity index (χ0) is 15.4. The Hall–Kier alpha value is -2.41. The van der Waals surface area contributed by atoms with E-state index in [1.807, 2.05) is 0 Å². The van der Waals surface area contributed by atoms with Gasteiger partial charge in [-0.05, 0) is 17.7 Å². The number of nitrogens with zero attached hydrogens (tertiary/aromatic N) is 1. The monoisotopic (exact) mass is 296 g/mol. The Morgan fingerprint density at radius 2 is 1.95 bits per heavy atom. The Kier molecular flexibility index (Phi) is 4.54. The molecule has 0 saturated heterocycles. The molecule has 0 aliphatic rings. The van der Waals surface area contributed by atoms with E-state index in [1.54, 1.807) is 12.1 Å². The summed E-state index contributed by atoms with van der Waals surface area (Å²) < 4.78 is 37.5. The van der Waals surface area contributed by atoms with Crippen LogP contribution in [0.4, 0.5) is 14.6 Å². The molecule has 2 aromatic rings. The van der Waals surface area contributed by atoms with Crippen LogP contribution in [0.15, 0.2) is 24.3 Å². The fourth-order valence-corrected chi connectivity index (χ4v) is 1.70. The fourth-order valence-electron chi connectivity index (χ4n) is 1.70. The van der Waals surface area contributed by atoms with Crippen molar-refractivity contribution in [2.24, 2.45) is 0 Å². The number of hydrogen-bond donors (Lipinski definition) is 2. The summed E-state index contributed by atoms with van der Waals surface area (Å²) in [6.45, 7) is -0.163. The van der Waals surface area contributed by atoms with Gasteiger partial charge in [0.15, 0.2) is 29.0 Å². The molecule has 0 aliphatic heterocycles. The van der Waals surface area contributed by atoms with Gasteiger partial charge >= 0.3 is 0 Å². The van der Waals surface area contributed by atoms with Crippen LogP contribution in [-0.2, 0) is 6.61 Å². The highest BCUT2D eigenvalue weighted by Crippen LogP contribution is 2.33. The van der Waals surface area contributed by atoms with Gasteiger partial charge in [-0.1, -0.05) is 6.07 Å². The highest BCUT2D eigenvalue weighted by Gasteiger charge is 2.15. The second-order valence-electron chi connectivity index (χ2n) is 4.10. The van der Waals surface area contributed by atoms with Crippen molar-refractivity contribution in [2.45, 2.75) is 6.61 Å². The largest absolute Gasteiger partial charge is 0.493 e. The number of ether oxygens (including phenoxy) is 2. The van der Waals surface area contributed by atoms with Gasteiger partial charge in [-0.15, -0.1) is 0 Å². The summed E-state index contributed by atoms with van der Waals surface area (Å²) in [5.41, 5.74) is 0.614. The molecule has 0 atom stereocenters. The standard InChI is InChI=1S/C14H14F2N2O3/c1-17-13-9(15)6-10(16)14(18-13)21-11-4-3-8(7-19)5-12(11)20-2/h3-6,19H,7H2,1-2H3,(H,17,18). The summed E-state index contributed by atoms with van der Waals surface area (Å²) in [6, 6.07) is 5.34. The molecule has 21 heavy (non-hydrogen) atoms. The number of pyridine rings is 1. The van der Waals surface area contributed by atoms with Crippen LogP contribution in [0.1, 0.15) is 5.56 Å². The second kappa shape index (κ2) is 6.36. The van der Waals surface area contributed by atoms with Gasteiger partial charge in [-0.2, -0.15) is 4.98 Å². The number of hydrogen-bond acceptors (Lipinski definition) is 5. The highest BCUT2D eigenvalue weighted by atomic mass is 19.1. The minimum absolute atomic E-state index is 0.127. The molecule has 1 aromatic heterocycles. The summed E-state index contributed by atoms with van der Waals surface area (Å²) >= 11 is 0. The lowest BCUT2D eigenvalue weighted by atomic mass is 10.2. The third-order valence-corrected chi connectivity index (χ3v) is 2.75. The van der Waals surface area contributed by atoms with Gasteiger partial charge in [-0.3, -0.25) is 0 Å². The van der Waals surface area contributed by atoms with Crippen molar-refractivity contribution in [3.63, 3.8) is 0 Å². The van der Waals surface area contributed by atoms with Gasteiger partial charge in [0.25, 0.3) is 5.88 Å². The summed E-state index contributed by atoms with van der Waals surface area (Å²) in [6.07, 6.45) is 0. The maximum Gasteiger partial charge on any atom is 0.258 e. The van der Waals surface area contributed by atoms with Gasteiger partial charge in [-0.25, -0.2) is 8.78 Å². The Morgan fingerprint density at radius 1 is 1.19 bits per heavy atom. The molecule has 7 heteroatoms. The predicted octanol–water partition coefficient (Wildman–Crippen LogP) is 2.69. The SMILES string of the molecule is CNc1nc(Oc2ccc(CO)cc2OC)c(F)cc1F. The van der Waals surface area contributed by atoms with Crippen LogP contribution in [0.3, 0.4) is 0 Å². The Labute approximate surface area is 120 Å². The summed E-state index contributed by atoms with van der Waals surface area (Å²) in [5, 5.41) is 11.6. The van der Waals surface area contributed by atoms with Gasteiger partial charge in [0, 0.05) is 13.1 Å². The molecule has 112 valence electrons. The smallest absolute Gasteiger partial charge is 0.258 e. The second-order valence-corrected chi connectivity index (χ2v) is 4.10. The zero-order valence-electron chi connectivity index (χ0n) is 11.5. The quantitative estimate of drug-likeness (QED) is 0.888. The molecule has 0 bridgehead atoms. The van der Waals surface area contributed by atoms with Crippen LogP contribution in [-0.4, -0.2) is 24.2 Å². The van der Waals surface area contributed by atoms with E-state index in [0.29, 0.717) is 17.4 Å². The van der Waals surface area contributed by atoms with Gasteiger partial charge in [0.1, 0.15) is 0 Å². The molecule has 0 saturated carbocycles. The van der Waals surface area contributed by atoms with E-state index in [-0.39, 0.29) is 24.1 Å². The van der Waals surface area contributed by atoms with Crippen LogP contribution >= 0.6 is 0 Å². The number of aliphatic hydroxyl groups excluding tert-OH is 1. The van der Waals surface area contributed by atoms with Crippen LogP contribution in [0.2, 0.25) is 0 Å². The van der Waals surface area contributed by atoms with Crippen molar-refractivity contribution in [1.82, 2.24) is 4.98 Å². The molecule has 0 amide bonds. The predicted molar refractivity (Wildman–Crippen MR) is 72.7 cm³/mol. The van der Waals surface area contributed by atoms with E-state index in [2.05, 4.69) is 10.3 Å². The minimum atomic E-state index is -0.931. The van der Waals surface area contributed by atoms with Gasteiger partial charge in [0.2, 0.25) is 0 Å². The highest BCUT2D eigenvalue weighted by molar-refractivity contribution is 5.46. The summed E-state index contributed by atoms with van der Waals surface area (Å²) in [4.78, 5) is 3.72. The number of methoxy groups -OCH3 is 1. The number of halogens is 2. The summed E-state index contributed by atoms with van der Waals surface area (Å²) in [5.74, 6) is -1.74. The number of aromatic nitrogens is 1. The molecule has 0 spiro atoms. The van der Waals surface area contributed by atoms with Crippen LogP contribution in [0.25, 0.3) is 0 Å². The first-order chi connectivity index (χ1) is 10.1. The lowest BCUT2D eigenvalue weighted by molar-refractivity contribution is 0.280. The van der Waals surface area contributed by atoms with E-state index in [0.717, 1.165) is 0 Å². The lowest BCUT2D eigenvalue weighted by Gasteiger charge is -2.12. The molecular weight excluding hydrogens is 282 g/mol. The first-order valence-electron chi connectivity index (χ1n) is 6.08. The molecule has 1 aromatic carbocycles. The Morgan fingerprint density at radius 3 is 2.57 bits per heavy atom. The number of benzene rings is 1. The number of nitrogens with one attached hydrogen (secondary N) is 1. The third-order valence-electron chi connectivity index (χ3n) is 2.75. The summed E-state index contributed by atoms with van der Waals surface area (Å²) in [7, 11) is 2.88. The Bertz CT molecular complexity index is 650. The van der Waals surface area contributed by atoms with Crippen molar-refractivity contribution in [3.05, 3.63) is 41.5 Å². The van der Waals surface area contributed by atoms with Gasteiger partial charge in [0.05, 0.1) is 13.7 Å². The average molecular weight is 296 g/mol. The minimum Gasteiger partial charge on any atom is -0.493 e. The first kappa shape index (κ1) is 15.0. The van der Waals surface area contributed by atoms with Crippen molar-refractivity contribution in [3.8, 4) is 17.4 Å². The lowest BCUT2D eigenvalue weighted by Crippen LogP contribution is -2.01. The number of anilines is 1. The average Bonchev–Trinajstić information content (AvgIpc) is 2.50. The van der Waals surface area contributed by atoms with Gasteiger partial charge < -0.3 is 19.9 Å². The Balaban J connectivity index is 2.38. The first-order valence-corrected chi connectivity index (χ1v) is 6.08. The molecule has 2 rings (SSSR count). The molecule has 0 unspecified atom stereocenters. The van der Waals surface area contributed by atoms with Crippen LogP contribution < -0.4 is 14.8 Å². The van der Waals surface area contributed by atoms with E-state index < -0.39 is 11.6 Å². The van der Waals surface area contributed by atoms with Crippen LogP contribution in [0.5, 0.6) is 17.4 Å². The van der Waals surface area contributed by atoms with Crippen molar-refractivity contribution in [1.29, 1.82) is 0 Å². The zero-order valence-corrected chi connectivity index (χ0v) is 11.5. The third kappa shape index (κ3) is 3.19. The van der Waals surface area contributed by atoms with Crippen molar-refractivity contribution in [2.75, 3.05) is 19.5 Å². The molecule has 0 fully saturated rings. The van der Waals surface area contributed by atoms with E-state index in [1.165, 1.54) is 20.2 Å². The van der Waals surface area contributed by atoms with E-state index in [4.69, 9.17) is 14.6 Å². The normalized spacial score (nSPS) is 10.3. The molecule has 0 radical (unpaired) electrons. The van der Waals surface area contributed by atoms with Crippen molar-refractivity contribution >= 4 is 5.82 Å². The van der Waals surface area contributed by atoms with Crippen molar-refractivity contribution < 1.29 is 23.4 Å². The molecule has 2 N–H and O–H groups in total. The molecular formula is C14H14F2N2O3. The molecule has 1 heterocycles. The maximum atomic E-state index is 13.7.